The monoisotopic (exact) mass is 708 g/mol. The van der Waals surface area contributed by atoms with Crippen molar-refractivity contribution < 1.29 is 38.1 Å². The van der Waals surface area contributed by atoms with Crippen molar-refractivity contribution in [3.8, 4) is 28.1 Å². The third-order valence-corrected chi connectivity index (χ3v) is 8.56. The molecule has 0 saturated carbocycles. The largest absolute Gasteiger partial charge is 0.465 e. The zero-order chi connectivity index (χ0) is 35.8. The number of nitrogens with zero attached hydrogens (tertiary/aromatic N) is 3. The Morgan fingerprint density at radius 1 is 1.14 bits per heavy atom. The minimum atomic E-state index is -3.05. The van der Waals surface area contributed by atoms with E-state index in [-0.39, 0.29) is 54.7 Å². The van der Waals surface area contributed by atoms with Crippen LogP contribution in [0.2, 0.25) is 5.02 Å². The molecule has 0 spiro atoms. The van der Waals surface area contributed by atoms with Crippen molar-refractivity contribution in [2.75, 3.05) is 25.0 Å². The maximum Gasteiger partial charge on any atom is 0.407 e. The van der Waals surface area contributed by atoms with Crippen LogP contribution in [0.1, 0.15) is 40.0 Å². The fraction of sp³-hybridized carbons (Fsp3) is 0.286. The summed E-state index contributed by atoms with van der Waals surface area (Å²) in [5.41, 5.74) is 4.44. The van der Waals surface area contributed by atoms with Crippen LogP contribution >= 0.6 is 11.6 Å². The Morgan fingerprint density at radius 2 is 1.96 bits per heavy atom. The van der Waals surface area contributed by atoms with Crippen LogP contribution in [0.25, 0.3) is 22.4 Å². The highest BCUT2D eigenvalue weighted by molar-refractivity contribution is 6.35. The zero-order valence-electron chi connectivity index (χ0n) is 27.0. The molecule has 50 heavy (non-hydrogen) atoms. The van der Waals surface area contributed by atoms with Crippen molar-refractivity contribution in [3.63, 3.8) is 0 Å². The lowest BCUT2D eigenvalue weighted by atomic mass is 9.97. The maximum absolute atomic E-state index is 13.4. The van der Waals surface area contributed by atoms with E-state index in [0.29, 0.717) is 64.1 Å². The number of carbonyl (C=O) groups excluding carboxylic acids is 2. The summed E-state index contributed by atoms with van der Waals surface area (Å²) in [7, 11) is 0. The lowest BCUT2D eigenvalue weighted by Crippen LogP contribution is -2.35. The number of aliphatic hydroxyl groups excluding tert-OH is 1. The third kappa shape index (κ3) is 8.88. The number of aliphatic hydroxyl groups is 1. The number of alkyl halides is 2. The summed E-state index contributed by atoms with van der Waals surface area (Å²) in [6, 6.07) is 14.9. The van der Waals surface area contributed by atoms with E-state index in [4.69, 9.17) is 21.4 Å². The molecule has 3 amide bonds. The van der Waals surface area contributed by atoms with Gasteiger partial charge >= 0.3 is 12.7 Å². The number of amides is 3. The SMILES string of the molecule is Cc1c(NC(=O)c2ccc(CN(CCO)C(=O)O)cn2)cccc1-c1ccnc(-c2ccc(CNCC3CCC(=O)N3)c(OC(F)F)c2)c1Cl. The minimum absolute atomic E-state index is 0.00485. The summed E-state index contributed by atoms with van der Waals surface area (Å²) in [6.45, 7) is -0.895. The fourth-order valence-electron chi connectivity index (χ4n) is 5.60. The number of halogens is 3. The molecule has 2 aromatic heterocycles. The Kier molecular flexibility index (Phi) is 11.9. The average molecular weight is 709 g/mol. The van der Waals surface area contributed by atoms with Gasteiger partial charge in [0.2, 0.25) is 5.91 Å². The molecule has 3 heterocycles. The number of ether oxygens (including phenoxy) is 1. The fourth-order valence-corrected chi connectivity index (χ4v) is 5.93. The van der Waals surface area contributed by atoms with Crippen LogP contribution in [0.15, 0.2) is 67.0 Å². The molecule has 262 valence electrons. The number of rotatable bonds is 14. The van der Waals surface area contributed by atoms with E-state index in [1.165, 1.54) is 18.3 Å². The summed E-state index contributed by atoms with van der Waals surface area (Å²) >= 11 is 6.91. The molecule has 4 aromatic rings. The van der Waals surface area contributed by atoms with E-state index in [9.17, 15) is 28.3 Å². The number of benzene rings is 2. The number of nitrogens with one attached hydrogen (secondary N) is 3. The smallest absolute Gasteiger partial charge is 0.407 e. The molecule has 1 aliphatic heterocycles. The molecule has 0 radical (unpaired) electrons. The van der Waals surface area contributed by atoms with Gasteiger partial charge in [-0.3, -0.25) is 19.6 Å². The van der Waals surface area contributed by atoms with Crippen LogP contribution in [0.3, 0.4) is 0 Å². The van der Waals surface area contributed by atoms with Crippen molar-refractivity contribution in [1.29, 1.82) is 0 Å². The Bertz CT molecular complexity index is 1860. The van der Waals surface area contributed by atoms with Gasteiger partial charge in [-0.1, -0.05) is 41.9 Å². The van der Waals surface area contributed by atoms with Crippen LogP contribution < -0.4 is 20.7 Å². The van der Waals surface area contributed by atoms with Crippen LogP contribution in [0, 0.1) is 6.92 Å². The summed E-state index contributed by atoms with van der Waals surface area (Å²) in [4.78, 5) is 45.6. The van der Waals surface area contributed by atoms with Gasteiger partial charge in [-0.2, -0.15) is 8.78 Å². The lowest BCUT2D eigenvalue weighted by molar-refractivity contribution is -0.119. The number of anilines is 1. The summed E-state index contributed by atoms with van der Waals surface area (Å²) in [5.74, 6) is -0.529. The first-order chi connectivity index (χ1) is 24.0. The maximum atomic E-state index is 13.4. The van der Waals surface area contributed by atoms with Crippen molar-refractivity contribution in [2.45, 2.75) is 45.5 Å². The van der Waals surface area contributed by atoms with Crippen LogP contribution in [-0.4, -0.2) is 75.3 Å². The molecule has 0 aliphatic carbocycles. The molecular formula is C35H35ClF2N6O6. The normalized spacial score (nSPS) is 14.0. The van der Waals surface area contributed by atoms with E-state index >= 15 is 0 Å². The molecule has 1 atom stereocenters. The number of hydrogen-bond acceptors (Lipinski definition) is 8. The Morgan fingerprint density at radius 3 is 2.64 bits per heavy atom. The van der Waals surface area contributed by atoms with Gasteiger partial charge in [-0.15, -0.1) is 0 Å². The molecule has 12 nitrogen and oxygen atoms in total. The number of hydrogen-bond donors (Lipinski definition) is 5. The first-order valence-electron chi connectivity index (χ1n) is 15.7. The molecule has 2 aromatic carbocycles. The van der Waals surface area contributed by atoms with Gasteiger partial charge in [0.1, 0.15) is 11.4 Å². The van der Waals surface area contributed by atoms with Gasteiger partial charge < -0.3 is 35.8 Å². The van der Waals surface area contributed by atoms with E-state index in [2.05, 4.69) is 25.9 Å². The van der Waals surface area contributed by atoms with Crippen molar-refractivity contribution in [2.24, 2.45) is 0 Å². The molecular weight excluding hydrogens is 674 g/mol. The molecule has 15 heteroatoms. The number of carboxylic acid groups (broad SMARTS) is 1. The second kappa shape index (κ2) is 16.5. The first-order valence-corrected chi connectivity index (χ1v) is 16.1. The van der Waals surface area contributed by atoms with Crippen LogP contribution in [0.4, 0.5) is 19.3 Å². The standard InChI is InChI=1S/C35H35ClF2N6O6/c1-20-25(3-2-4-27(20)43-33(47)28-9-5-21(16-41-28)19-44(13-14-45)35(48)49)26-11-12-40-32(31(26)36)22-6-7-23(29(15-22)50-34(37)38)17-39-18-24-8-10-30(46)42-24/h2-7,9,11-12,15-16,24,34,39,45H,8,10,13-14,17-19H2,1H3,(H,42,46)(H,43,47)(H,48,49). The lowest BCUT2D eigenvalue weighted by Gasteiger charge is -2.18. The van der Waals surface area contributed by atoms with Gasteiger partial charge in [0.25, 0.3) is 5.91 Å². The van der Waals surface area contributed by atoms with Gasteiger partial charge in [0.05, 0.1) is 23.9 Å². The summed E-state index contributed by atoms with van der Waals surface area (Å²) in [5, 5.41) is 27.5. The molecule has 1 unspecified atom stereocenters. The van der Waals surface area contributed by atoms with Crippen LogP contribution in [0.5, 0.6) is 5.75 Å². The number of aromatic nitrogens is 2. The van der Waals surface area contributed by atoms with Crippen LogP contribution in [-0.2, 0) is 17.9 Å². The highest BCUT2D eigenvalue weighted by atomic mass is 35.5. The van der Waals surface area contributed by atoms with Crippen molar-refractivity contribution in [3.05, 3.63) is 94.4 Å². The predicted molar refractivity (Wildman–Crippen MR) is 182 cm³/mol. The van der Waals surface area contributed by atoms with Gasteiger partial charge in [0.15, 0.2) is 0 Å². The Labute approximate surface area is 291 Å². The predicted octanol–water partition coefficient (Wildman–Crippen LogP) is 5.47. The molecule has 0 bridgehead atoms. The summed E-state index contributed by atoms with van der Waals surface area (Å²) in [6.07, 6.45) is 2.94. The number of pyridine rings is 2. The summed E-state index contributed by atoms with van der Waals surface area (Å²) < 4.78 is 31.7. The highest BCUT2D eigenvalue weighted by Gasteiger charge is 2.22. The molecule has 1 aliphatic rings. The second-order valence-electron chi connectivity index (χ2n) is 11.6. The van der Waals surface area contributed by atoms with E-state index in [1.54, 1.807) is 42.6 Å². The highest BCUT2D eigenvalue weighted by Crippen LogP contribution is 2.39. The quantitative estimate of drug-likeness (QED) is 0.114. The van der Waals surface area contributed by atoms with Gasteiger partial charge in [0, 0.05) is 66.9 Å². The number of carbonyl (C=O) groups is 3. The minimum Gasteiger partial charge on any atom is -0.465 e. The Hall–Kier alpha value is -5.18. The Balaban J connectivity index is 1.34. The van der Waals surface area contributed by atoms with Gasteiger partial charge in [-0.05, 0) is 54.3 Å². The van der Waals surface area contributed by atoms with E-state index in [1.807, 2.05) is 13.0 Å². The molecule has 5 N–H and O–H groups in total. The average Bonchev–Trinajstić information content (AvgIpc) is 3.51. The zero-order valence-corrected chi connectivity index (χ0v) is 27.7. The van der Waals surface area contributed by atoms with Crippen molar-refractivity contribution >= 4 is 35.2 Å². The van der Waals surface area contributed by atoms with Gasteiger partial charge in [-0.25, -0.2) is 4.79 Å². The molecule has 5 rings (SSSR count). The first kappa shape index (κ1) is 36.1. The topological polar surface area (TPSA) is 166 Å². The molecule has 1 saturated heterocycles. The van der Waals surface area contributed by atoms with E-state index in [0.717, 1.165) is 4.90 Å². The second-order valence-corrected chi connectivity index (χ2v) is 11.9. The third-order valence-electron chi connectivity index (χ3n) is 8.18. The van der Waals surface area contributed by atoms with Crippen molar-refractivity contribution in [1.82, 2.24) is 25.5 Å². The molecule has 1 fully saturated rings. The van der Waals surface area contributed by atoms with E-state index < -0.39 is 18.6 Å².